The van der Waals surface area contributed by atoms with Gasteiger partial charge in [-0.2, -0.15) is 5.10 Å². The lowest BCUT2D eigenvalue weighted by atomic mass is 9.98. The van der Waals surface area contributed by atoms with E-state index >= 15 is 0 Å². The van der Waals surface area contributed by atoms with Crippen molar-refractivity contribution >= 4 is 11.8 Å². The van der Waals surface area contributed by atoms with E-state index in [2.05, 4.69) is 5.10 Å². The number of nitrogens with two attached hydrogens (primary N) is 1. The molecular formula is C15H24N4O2. The minimum Gasteiger partial charge on any atom is -0.444 e. The fourth-order valence-electron chi connectivity index (χ4n) is 3.53. The molecule has 3 heterocycles. The van der Waals surface area contributed by atoms with Crippen molar-refractivity contribution in [2.45, 2.75) is 70.2 Å². The van der Waals surface area contributed by atoms with Crippen LogP contribution in [0.2, 0.25) is 0 Å². The third-order valence-corrected chi connectivity index (χ3v) is 4.31. The van der Waals surface area contributed by atoms with Crippen molar-refractivity contribution in [3.8, 4) is 0 Å². The lowest BCUT2D eigenvalue weighted by Gasteiger charge is -2.39. The molecule has 3 atom stereocenters. The van der Waals surface area contributed by atoms with Gasteiger partial charge in [0.15, 0.2) is 0 Å². The van der Waals surface area contributed by atoms with Gasteiger partial charge in [-0.3, -0.25) is 4.68 Å². The molecule has 2 bridgehead atoms. The minimum absolute atomic E-state index is 0.173. The van der Waals surface area contributed by atoms with E-state index in [1.54, 1.807) is 6.20 Å². The normalized spacial score (nSPS) is 28.7. The van der Waals surface area contributed by atoms with E-state index < -0.39 is 5.60 Å². The Morgan fingerprint density at radius 3 is 2.38 bits per heavy atom. The van der Waals surface area contributed by atoms with Gasteiger partial charge in [-0.25, -0.2) is 4.79 Å². The number of ether oxygens (including phenoxy) is 1. The zero-order valence-electron chi connectivity index (χ0n) is 13.0. The first-order valence-electron chi connectivity index (χ1n) is 7.64. The molecule has 116 valence electrons. The standard InChI is InChI=1S/C15H24N4O2/c1-15(2,3)21-14(20)19-11-4-5-12(19)7-13(6-11)18-9-10(16)8-17-18/h8-9,11-13H,4-7,16H2,1-3H3/t11-,12?,13?/m0/s1. The summed E-state index contributed by atoms with van der Waals surface area (Å²) in [5.74, 6) is 0. The lowest BCUT2D eigenvalue weighted by Crippen LogP contribution is -2.48. The van der Waals surface area contributed by atoms with Crippen LogP contribution in [0.5, 0.6) is 0 Å². The zero-order valence-corrected chi connectivity index (χ0v) is 13.0. The molecular weight excluding hydrogens is 268 g/mol. The maximum Gasteiger partial charge on any atom is 0.410 e. The highest BCUT2D eigenvalue weighted by atomic mass is 16.6. The number of amides is 1. The first kappa shape index (κ1) is 14.2. The third kappa shape index (κ3) is 2.84. The van der Waals surface area contributed by atoms with Crippen molar-refractivity contribution in [1.29, 1.82) is 0 Å². The maximum atomic E-state index is 12.4. The van der Waals surface area contributed by atoms with Crippen molar-refractivity contribution in [3.63, 3.8) is 0 Å². The van der Waals surface area contributed by atoms with Crippen molar-refractivity contribution < 1.29 is 9.53 Å². The van der Waals surface area contributed by atoms with Gasteiger partial charge in [0.25, 0.3) is 0 Å². The van der Waals surface area contributed by atoms with Crippen LogP contribution in [-0.2, 0) is 4.74 Å². The topological polar surface area (TPSA) is 73.4 Å². The predicted octanol–water partition coefficient (Wildman–Crippen LogP) is 2.57. The average molecular weight is 292 g/mol. The molecule has 2 aliphatic rings. The molecule has 0 saturated carbocycles. The van der Waals surface area contributed by atoms with E-state index in [4.69, 9.17) is 10.5 Å². The Balaban J connectivity index is 1.71. The van der Waals surface area contributed by atoms with Gasteiger partial charge in [0.05, 0.1) is 17.9 Å². The second-order valence-electron chi connectivity index (χ2n) is 7.15. The molecule has 1 aromatic rings. The molecule has 2 unspecified atom stereocenters. The van der Waals surface area contributed by atoms with E-state index in [0.29, 0.717) is 11.7 Å². The number of hydrogen-bond acceptors (Lipinski definition) is 4. The SMILES string of the molecule is CC(C)(C)OC(=O)N1C2CC[C@H]1CC(n1cc(N)cn1)C2. The summed E-state index contributed by atoms with van der Waals surface area (Å²) < 4.78 is 7.50. The number of nitrogen functional groups attached to an aromatic ring is 1. The van der Waals surface area contributed by atoms with Crippen LogP contribution >= 0.6 is 0 Å². The van der Waals surface area contributed by atoms with Crippen LogP contribution in [0.15, 0.2) is 12.4 Å². The van der Waals surface area contributed by atoms with Gasteiger partial charge in [0, 0.05) is 18.3 Å². The number of hydrogen-bond donors (Lipinski definition) is 1. The molecule has 2 fully saturated rings. The van der Waals surface area contributed by atoms with Crippen LogP contribution in [0.4, 0.5) is 10.5 Å². The largest absolute Gasteiger partial charge is 0.444 e. The maximum absolute atomic E-state index is 12.4. The number of anilines is 1. The van der Waals surface area contributed by atoms with Gasteiger partial charge in [-0.15, -0.1) is 0 Å². The Kier molecular flexibility index (Phi) is 3.34. The molecule has 0 aromatic carbocycles. The monoisotopic (exact) mass is 292 g/mol. The number of carbonyl (C=O) groups is 1. The zero-order chi connectivity index (χ0) is 15.2. The van der Waals surface area contributed by atoms with Gasteiger partial charge in [-0.1, -0.05) is 0 Å². The number of piperidine rings is 1. The summed E-state index contributed by atoms with van der Waals surface area (Å²) in [4.78, 5) is 14.3. The first-order valence-corrected chi connectivity index (χ1v) is 7.64. The molecule has 2 N–H and O–H groups in total. The molecule has 0 aliphatic carbocycles. The number of fused-ring (bicyclic) bond motifs is 2. The van der Waals surface area contributed by atoms with E-state index in [0.717, 1.165) is 25.7 Å². The smallest absolute Gasteiger partial charge is 0.410 e. The minimum atomic E-state index is -0.441. The summed E-state index contributed by atoms with van der Waals surface area (Å²) in [5, 5.41) is 4.32. The van der Waals surface area contributed by atoms with Crippen LogP contribution in [0.3, 0.4) is 0 Å². The second-order valence-corrected chi connectivity index (χ2v) is 7.15. The molecule has 6 nitrogen and oxygen atoms in total. The molecule has 0 spiro atoms. The van der Waals surface area contributed by atoms with Crippen molar-refractivity contribution in [1.82, 2.24) is 14.7 Å². The van der Waals surface area contributed by atoms with Crippen LogP contribution in [-0.4, -0.2) is 38.5 Å². The Morgan fingerprint density at radius 2 is 1.90 bits per heavy atom. The van der Waals surface area contributed by atoms with Crippen LogP contribution in [0.25, 0.3) is 0 Å². The molecule has 6 heteroatoms. The Morgan fingerprint density at radius 1 is 1.29 bits per heavy atom. The van der Waals surface area contributed by atoms with E-state index in [-0.39, 0.29) is 18.2 Å². The summed E-state index contributed by atoms with van der Waals surface area (Å²) in [5.41, 5.74) is 6.00. The number of aromatic nitrogens is 2. The number of nitrogens with zero attached hydrogens (tertiary/aromatic N) is 3. The van der Waals surface area contributed by atoms with E-state index in [9.17, 15) is 4.79 Å². The van der Waals surface area contributed by atoms with Crippen molar-refractivity contribution in [3.05, 3.63) is 12.4 Å². The fourth-order valence-corrected chi connectivity index (χ4v) is 3.53. The molecule has 0 radical (unpaired) electrons. The highest BCUT2D eigenvalue weighted by molar-refractivity contribution is 5.69. The van der Waals surface area contributed by atoms with Crippen LogP contribution in [0.1, 0.15) is 52.5 Å². The summed E-state index contributed by atoms with van der Waals surface area (Å²) in [7, 11) is 0. The molecule has 2 aliphatic heterocycles. The molecule has 21 heavy (non-hydrogen) atoms. The van der Waals surface area contributed by atoms with Crippen molar-refractivity contribution in [2.75, 3.05) is 5.73 Å². The van der Waals surface area contributed by atoms with Crippen molar-refractivity contribution in [2.24, 2.45) is 0 Å². The van der Waals surface area contributed by atoms with Gasteiger partial charge >= 0.3 is 6.09 Å². The van der Waals surface area contributed by atoms with Gasteiger partial charge in [-0.05, 0) is 46.5 Å². The predicted molar refractivity (Wildman–Crippen MR) is 79.8 cm³/mol. The summed E-state index contributed by atoms with van der Waals surface area (Å²) in [6, 6.07) is 0.849. The van der Waals surface area contributed by atoms with Crippen LogP contribution in [0, 0.1) is 0 Å². The molecule has 1 amide bonds. The van der Waals surface area contributed by atoms with Crippen LogP contribution < -0.4 is 5.73 Å². The van der Waals surface area contributed by atoms with Gasteiger partial charge < -0.3 is 15.4 Å². The summed E-state index contributed by atoms with van der Waals surface area (Å²) in [6.07, 6.45) is 7.35. The number of carbonyl (C=O) groups excluding carboxylic acids is 1. The average Bonchev–Trinajstić information content (AvgIpc) is 2.89. The molecule has 3 rings (SSSR count). The molecule has 1 aromatic heterocycles. The lowest BCUT2D eigenvalue weighted by molar-refractivity contribution is 0.00232. The van der Waals surface area contributed by atoms with Gasteiger partial charge in [0.1, 0.15) is 5.60 Å². The summed E-state index contributed by atoms with van der Waals surface area (Å²) in [6.45, 7) is 5.73. The Bertz CT molecular complexity index is 520. The highest BCUT2D eigenvalue weighted by Crippen LogP contribution is 2.41. The first-order chi connectivity index (χ1) is 9.83. The Hall–Kier alpha value is -1.72. The number of rotatable bonds is 1. The Labute approximate surface area is 125 Å². The second kappa shape index (κ2) is 4.93. The highest BCUT2D eigenvalue weighted by Gasteiger charge is 2.45. The quantitative estimate of drug-likeness (QED) is 0.863. The van der Waals surface area contributed by atoms with E-state index in [1.165, 1.54) is 0 Å². The van der Waals surface area contributed by atoms with E-state index in [1.807, 2.05) is 36.5 Å². The fraction of sp³-hybridized carbons (Fsp3) is 0.733. The third-order valence-electron chi connectivity index (χ3n) is 4.31. The van der Waals surface area contributed by atoms with Gasteiger partial charge in [0.2, 0.25) is 0 Å². The molecule has 2 saturated heterocycles. The summed E-state index contributed by atoms with van der Waals surface area (Å²) >= 11 is 0.